The fourth-order valence-corrected chi connectivity index (χ4v) is 2.14. The van der Waals surface area contributed by atoms with Gasteiger partial charge < -0.3 is 10.4 Å². The maximum Gasteiger partial charge on any atom is 0.336 e. The number of nitrogens with one attached hydrogen (secondary N) is 1. The molecule has 0 bridgehead atoms. The minimum Gasteiger partial charge on any atom is -0.478 e. The number of carboxylic acids is 1. The molecule has 0 unspecified atom stereocenters. The monoisotopic (exact) mass is 225 g/mol. The van der Waals surface area contributed by atoms with Gasteiger partial charge >= 0.3 is 5.97 Å². The average Bonchev–Trinajstić information content (AvgIpc) is 2.70. The summed E-state index contributed by atoms with van der Waals surface area (Å²) in [5, 5.41) is 12.8. The van der Waals surface area contributed by atoms with Crippen LogP contribution in [0.4, 0.5) is 0 Å². The molecule has 1 aliphatic heterocycles. The van der Waals surface area contributed by atoms with E-state index in [0.29, 0.717) is 10.6 Å². The van der Waals surface area contributed by atoms with E-state index in [4.69, 9.17) is 16.7 Å². The predicted octanol–water partition coefficient (Wildman–Crippen LogP) is 2.46. The van der Waals surface area contributed by atoms with Crippen LogP contribution in [0, 0.1) is 0 Å². The van der Waals surface area contributed by atoms with Gasteiger partial charge in [0.15, 0.2) is 0 Å². The molecule has 1 fully saturated rings. The van der Waals surface area contributed by atoms with Gasteiger partial charge in [0.1, 0.15) is 0 Å². The Balaban J connectivity index is 2.40. The van der Waals surface area contributed by atoms with Gasteiger partial charge in [0.05, 0.1) is 5.56 Å². The Bertz CT molecular complexity index is 386. The molecule has 1 aromatic carbocycles. The molecule has 0 radical (unpaired) electrons. The van der Waals surface area contributed by atoms with Crippen LogP contribution in [-0.4, -0.2) is 17.6 Å². The summed E-state index contributed by atoms with van der Waals surface area (Å²) in [5.41, 5.74) is 1.14. The van der Waals surface area contributed by atoms with Crippen molar-refractivity contribution in [2.75, 3.05) is 6.54 Å². The fraction of sp³-hybridized carbons (Fsp3) is 0.364. The second kappa shape index (κ2) is 4.21. The van der Waals surface area contributed by atoms with Crippen LogP contribution in [0.15, 0.2) is 18.2 Å². The number of aromatic carboxylic acids is 1. The van der Waals surface area contributed by atoms with Crippen LogP contribution in [0.2, 0.25) is 5.02 Å². The molecular formula is C11H12ClNO2. The third-order valence-corrected chi connectivity index (χ3v) is 2.92. The topological polar surface area (TPSA) is 49.3 Å². The lowest BCUT2D eigenvalue weighted by atomic mass is 9.99. The number of halogens is 1. The van der Waals surface area contributed by atoms with Crippen molar-refractivity contribution in [1.29, 1.82) is 0 Å². The highest BCUT2D eigenvalue weighted by Gasteiger charge is 2.21. The number of hydrogen-bond acceptors (Lipinski definition) is 2. The van der Waals surface area contributed by atoms with Crippen LogP contribution in [0.3, 0.4) is 0 Å². The Morgan fingerprint density at radius 2 is 2.33 bits per heavy atom. The molecule has 1 heterocycles. The molecule has 0 aliphatic carbocycles. The van der Waals surface area contributed by atoms with E-state index >= 15 is 0 Å². The largest absolute Gasteiger partial charge is 0.478 e. The van der Waals surface area contributed by atoms with Crippen molar-refractivity contribution in [3.63, 3.8) is 0 Å². The maximum absolute atomic E-state index is 11.0. The second-order valence-corrected chi connectivity index (χ2v) is 4.12. The SMILES string of the molecule is O=C(O)c1cc(Cl)ccc1[C@H]1CCCN1. The van der Waals surface area contributed by atoms with Crippen LogP contribution in [0.1, 0.15) is 34.8 Å². The quantitative estimate of drug-likeness (QED) is 0.813. The van der Waals surface area contributed by atoms with Gasteiger partial charge in [-0.2, -0.15) is 0 Å². The van der Waals surface area contributed by atoms with Gasteiger partial charge in [0, 0.05) is 11.1 Å². The van der Waals surface area contributed by atoms with E-state index in [2.05, 4.69) is 5.32 Å². The van der Waals surface area contributed by atoms with E-state index in [0.717, 1.165) is 24.9 Å². The smallest absolute Gasteiger partial charge is 0.336 e. The third-order valence-electron chi connectivity index (χ3n) is 2.68. The number of benzene rings is 1. The molecule has 0 spiro atoms. The zero-order valence-corrected chi connectivity index (χ0v) is 8.92. The molecule has 2 rings (SSSR count). The van der Waals surface area contributed by atoms with E-state index in [1.807, 2.05) is 0 Å². The Morgan fingerprint density at radius 3 is 2.93 bits per heavy atom. The first-order valence-electron chi connectivity index (χ1n) is 4.94. The zero-order chi connectivity index (χ0) is 10.8. The van der Waals surface area contributed by atoms with Crippen LogP contribution >= 0.6 is 11.6 Å². The van der Waals surface area contributed by atoms with Gasteiger partial charge in [-0.1, -0.05) is 17.7 Å². The highest BCUT2D eigenvalue weighted by atomic mass is 35.5. The molecule has 4 heteroatoms. The van der Waals surface area contributed by atoms with E-state index in [1.165, 1.54) is 6.07 Å². The van der Waals surface area contributed by atoms with Crippen molar-refractivity contribution in [3.8, 4) is 0 Å². The lowest BCUT2D eigenvalue weighted by Crippen LogP contribution is -2.16. The number of carboxylic acid groups (broad SMARTS) is 1. The van der Waals surface area contributed by atoms with Crippen molar-refractivity contribution >= 4 is 17.6 Å². The summed E-state index contributed by atoms with van der Waals surface area (Å²) < 4.78 is 0. The average molecular weight is 226 g/mol. The lowest BCUT2D eigenvalue weighted by Gasteiger charge is -2.13. The van der Waals surface area contributed by atoms with Crippen LogP contribution in [-0.2, 0) is 0 Å². The predicted molar refractivity (Wildman–Crippen MR) is 58.4 cm³/mol. The number of hydrogen-bond donors (Lipinski definition) is 2. The minimum absolute atomic E-state index is 0.161. The van der Waals surface area contributed by atoms with E-state index in [1.54, 1.807) is 12.1 Å². The first-order valence-corrected chi connectivity index (χ1v) is 5.32. The van der Waals surface area contributed by atoms with Crippen LogP contribution in [0.25, 0.3) is 0 Å². The summed E-state index contributed by atoms with van der Waals surface area (Å²) in [6.45, 7) is 0.951. The van der Waals surface area contributed by atoms with Gasteiger partial charge in [-0.05, 0) is 37.1 Å². The summed E-state index contributed by atoms with van der Waals surface area (Å²) in [6, 6.07) is 5.21. The van der Waals surface area contributed by atoms with E-state index in [-0.39, 0.29) is 6.04 Å². The normalized spacial score (nSPS) is 20.5. The van der Waals surface area contributed by atoms with Crippen LogP contribution < -0.4 is 5.32 Å². The van der Waals surface area contributed by atoms with Gasteiger partial charge in [-0.3, -0.25) is 0 Å². The first kappa shape index (κ1) is 10.5. The number of carbonyl (C=O) groups is 1. The molecule has 1 aromatic rings. The van der Waals surface area contributed by atoms with E-state index in [9.17, 15) is 4.79 Å². The van der Waals surface area contributed by atoms with Crippen molar-refractivity contribution in [3.05, 3.63) is 34.3 Å². The standard InChI is InChI=1S/C11H12ClNO2/c12-7-3-4-8(9(6-7)11(14)15)10-2-1-5-13-10/h3-4,6,10,13H,1-2,5H2,(H,14,15)/t10-/m1/s1. The molecule has 0 aromatic heterocycles. The molecule has 0 amide bonds. The molecule has 3 nitrogen and oxygen atoms in total. The lowest BCUT2D eigenvalue weighted by molar-refractivity contribution is 0.0695. The molecular weight excluding hydrogens is 214 g/mol. The van der Waals surface area contributed by atoms with Gasteiger partial charge in [0.25, 0.3) is 0 Å². The molecule has 2 N–H and O–H groups in total. The fourth-order valence-electron chi connectivity index (χ4n) is 1.97. The molecule has 0 saturated carbocycles. The Morgan fingerprint density at radius 1 is 1.53 bits per heavy atom. The van der Waals surface area contributed by atoms with Gasteiger partial charge in [-0.25, -0.2) is 4.79 Å². The first-order chi connectivity index (χ1) is 7.18. The molecule has 80 valence electrons. The summed E-state index contributed by atoms with van der Waals surface area (Å²) in [5.74, 6) is -0.916. The molecule has 15 heavy (non-hydrogen) atoms. The Kier molecular flexibility index (Phi) is 2.93. The second-order valence-electron chi connectivity index (χ2n) is 3.69. The third kappa shape index (κ3) is 2.13. The van der Waals surface area contributed by atoms with Crippen molar-refractivity contribution < 1.29 is 9.90 Å². The summed E-state index contributed by atoms with van der Waals surface area (Å²) in [4.78, 5) is 11.0. The Hall–Kier alpha value is -1.06. The van der Waals surface area contributed by atoms with Gasteiger partial charge in [0.2, 0.25) is 0 Å². The minimum atomic E-state index is -0.916. The summed E-state index contributed by atoms with van der Waals surface area (Å²) in [7, 11) is 0. The van der Waals surface area contributed by atoms with Crippen molar-refractivity contribution in [1.82, 2.24) is 5.32 Å². The maximum atomic E-state index is 11.0. The van der Waals surface area contributed by atoms with Crippen molar-refractivity contribution in [2.45, 2.75) is 18.9 Å². The van der Waals surface area contributed by atoms with Crippen molar-refractivity contribution in [2.24, 2.45) is 0 Å². The Labute approximate surface area is 93.1 Å². The van der Waals surface area contributed by atoms with Gasteiger partial charge in [-0.15, -0.1) is 0 Å². The molecule has 1 atom stereocenters. The van der Waals surface area contributed by atoms with Crippen LogP contribution in [0.5, 0.6) is 0 Å². The zero-order valence-electron chi connectivity index (χ0n) is 8.16. The van der Waals surface area contributed by atoms with E-state index < -0.39 is 5.97 Å². The summed E-state index contributed by atoms with van der Waals surface area (Å²) >= 11 is 5.78. The molecule has 1 aliphatic rings. The highest BCUT2D eigenvalue weighted by Crippen LogP contribution is 2.27. The number of rotatable bonds is 2. The highest BCUT2D eigenvalue weighted by molar-refractivity contribution is 6.31. The summed E-state index contributed by atoms with van der Waals surface area (Å²) in [6.07, 6.45) is 2.08. The molecule has 1 saturated heterocycles.